The van der Waals surface area contributed by atoms with Crippen molar-refractivity contribution in [2.45, 2.75) is 0 Å². The summed E-state index contributed by atoms with van der Waals surface area (Å²) in [7, 11) is 0. The lowest BCUT2D eigenvalue weighted by molar-refractivity contribution is 0.487. The van der Waals surface area contributed by atoms with Crippen LogP contribution in [-0.2, 0) is 0 Å². The van der Waals surface area contributed by atoms with Gasteiger partial charge in [0.2, 0.25) is 0 Å². The summed E-state index contributed by atoms with van der Waals surface area (Å²) < 4.78 is 6.61. The molecule has 0 saturated heterocycles. The molecule has 8 aromatic carbocycles. The van der Waals surface area contributed by atoms with Gasteiger partial charge in [-0.3, -0.25) is 0 Å². The molecular formula is C47H29N3O. The van der Waals surface area contributed by atoms with E-state index in [2.05, 4.69) is 127 Å². The molecule has 51 heavy (non-hydrogen) atoms. The number of fused-ring (bicyclic) bond motifs is 3. The zero-order valence-corrected chi connectivity index (χ0v) is 27.5. The smallest absolute Gasteiger partial charge is 0.164 e. The van der Waals surface area contributed by atoms with Crippen LogP contribution in [0.4, 0.5) is 0 Å². The summed E-state index contributed by atoms with van der Waals surface area (Å²) in [5.41, 5.74) is 9.60. The van der Waals surface area contributed by atoms with Gasteiger partial charge in [-0.05, 0) is 68.2 Å². The van der Waals surface area contributed by atoms with Crippen LogP contribution in [0.5, 0.6) is 11.5 Å². The molecule has 0 bridgehead atoms. The van der Waals surface area contributed by atoms with E-state index >= 15 is 0 Å². The van der Waals surface area contributed by atoms with Crippen LogP contribution in [0.25, 0.3) is 89.1 Å². The van der Waals surface area contributed by atoms with Crippen LogP contribution in [0.2, 0.25) is 0 Å². The molecule has 1 aliphatic heterocycles. The Morgan fingerprint density at radius 2 is 0.941 bits per heavy atom. The molecule has 4 nitrogen and oxygen atoms in total. The molecule has 0 unspecified atom stereocenters. The molecule has 0 radical (unpaired) electrons. The number of rotatable bonds is 5. The van der Waals surface area contributed by atoms with Gasteiger partial charge in [0.25, 0.3) is 0 Å². The average molecular weight is 652 g/mol. The second-order valence-electron chi connectivity index (χ2n) is 12.8. The number of hydrogen-bond acceptors (Lipinski definition) is 4. The van der Waals surface area contributed by atoms with Crippen LogP contribution in [0.1, 0.15) is 0 Å². The van der Waals surface area contributed by atoms with Gasteiger partial charge in [0.05, 0.1) is 0 Å². The number of nitrogens with zero attached hydrogens (tertiary/aromatic N) is 3. The molecule has 2 heterocycles. The summed E-state index contributed by atoms with van der Waals surface area (Å²) in [5, 5.41) is 4.53. The van der Waals surface area contributed by atoms with Crippen molar-refractivity contribution < 1.29 is 4.74 Å². The maximum absolute atomic E-state index is 6.61. The van der Waals surface area contributed by atoms with Crippen molar-refractivity contribution in [1.82, 2.24) is 15.0 Å². The summed E-state index contributed by atoms with van der Waals surface area (Å²) >= 11 is 0. The van der Waals surface area contributed by atoms with Crippen molar-refractivity contribution in [3.8, 4) is 79.0 Å². The summed E-state index contributed by atoms with van der Waals surface area (Å²) in [5.74, 6) is 3.54. The summed E-state index contributed by atoms with van der Waals surface area (Å²) in [6.07, 6.45) is 0. The predicted molar refractivity (Wildman–Crippen MR) is 208 cm³/mol. The second kappa shape index (κ2) is 11.9. The second-order valence-corrected chi connectivity index (χ2v) is 12.8. The van der Waals surface area contributed by atoms with Gasteiger partial charge in [0.1, 0.15) is 11.5 Å². The first kappa shape index (κ1) is 29.0. The van der Waals surface area contributed by atoms with Gasteiger partial charge >= 0.3 is 0 Å². The van der Waals surface area contributed by atoms with Crippen molar-refractivity contribution in [3.05, 3.63) is 176 Å². The molecule has 0 saturated carbocycles. The highest BCUT2D eigenvalue weighted by molar-refractivity contribution is 6.11. The predicted octanol–water partition coefficient (Wildman–Crippen LogP) is 12.3. The SMILES string of the molecule is c1ccc(-c2nc(-c3ccc(-c4ccc5ccccc5c4)cc3)nc(-c3ccc4c5c(cccc35)-c3c(cccc3-c3ccccc3)O4)n2)cc1. The summed E-state index contributed by atoms with van der Waals surface area (Å²) in [6.45, 7) is 0. The maximum atomic E-state index is 6.61. The standard InChI is InChI=1S/C47H29N3O/c1-3-12-32(13-4-1)37-17-10-20-41-43(37)40-19-9-18-38-39(27-28-42(51-41)44(38)40)47-49-45(33-14-5-2-6-15-33)48-46(50-47)34-24-21-31(22-25-34)36-26-23-30-11-7-8-16-35(30)29-36/h1-29H. The van der Waals surface area contributed by atoms with Gasteiger partial charge in [-0.25, -0.2) is 15.0 Å². The zero-order chi connectivity index (χ0) is 33.7. The first-order valence-corrected chi connectivity index (χ1v) is 17.1. The fourth-order valence-electron chi connectivity index (χ4n) is 7.26. The quantitative estimate of drug-likeness (QED) is 0.186. The minimum atomic E-state index is 0.614. The third-order valence-corrected chi connectivity index (χ3v) is 9.74. The van der Waals surface area contributed by atoms with E-state index in [1.165, 1.54) is 16.3 Å². The molecule has 1 aromatic heterocycles. The van der Waals surface area contributed by atoms with Crippen LogP contribution in [0, 0.1) is 0 Å². The Bertz CT molecular complexity index is 2760. The van der Waals surface area contributed by atoms with Crippen LogP contribution >= 0.6 is 0 Å². The number of aromatic nitrogens is 3. The Labute approximate surface area is 295 Å². The molecule has 10 rings (SSSR count). The molecule has 238 valence electrons. The van der Waals surface area contributed by atoms with Crippen molar-refractivity contribution >= 4 is 21.5 Å². The van der Waals surface area contributed by atoms with E-state index in [1.54, 1.807) is 0 Å². The van der Waals surface area contributed by atoms with E-state index in [4.69, 9.17) is 19.7 Å². The molecule has 9 aromatic rings. The van der Waals surface area contributed by atoms with Gasteiger partial charge in [-0.15, -0.1) is 0 Å². The minimum absolute atomic E-state index is 0.614. The molecule has 0 fully saturated rings. The van der Waals surface area contributed by atoms with Gasteiger partial charge in [0.15, 0.2) is 17.5 Å². The monoisotopic (exact) mass is 651 g/mol. The molecule has 0 N–H and O–H groups in total. The van der Waals surface area contributed by atoms with E-state index in [9.17, 15) is 0 Å². The Hall–Kier alpha value is -6.91. The molecular weight excluding hydrogens is 623 g/mol. The number of ether oxygens (including phenoxy) is 1. The van der Waals surface area contributed by atoms with Crippen molar-refractivity contribution in [1.29, 1.82) is 0 Å². The highest BCUT2D eigenvalue weighted by Gasteiger charge is 2.25. The third kappa shape index (κ3) is 5.04. The number of hydrogen-bond donors (Lipinski definition) is 0. The lowest BCUT2D eigenvalue weighted by Crippen LogP contribution is -2.02. The normalized spacial score (nSPS) is 11.7. The van der Waals surface area contributed by atoms with Crippen molar-refractivity contribution in [3.63, 3.8) is 0 Å². The van der Waals surface area contributed by atoms with Gasteiger partial charge in [-0.1, -0.05) is 152 Å². The largest absolute Gasteiger partial charge is 0.456 e. The third-order valence-electron chi connectivity index (χ3n) is 9.74. The van der Waals surface area contributed by atoms with Crippen molar-refractivity contribution in [2.75, 3.05) is 0 Å². The highest BCUT2D eigenvalue weighted by Crippen LogP contribution is 2.51. The summed E-state index contributed by atoms with van der Waals surface area (Å²) in [6, 6.07) is 61.0. The Kier molecular flexibility index (Phi) is 6.78. The fraction of sp³-hybridized carbons (Fsp3) is 0. The first-order valence-electron chi connectivity index (χ1n) is 17.1. The van der Waals surface area contributed by atoms with Crippen LogP contribution < -0.4 is 4.74 Å². The molecule has 1 aliphatic rings. The van der Waals surface area contributed by atoms with E-state index in [0.29, 0.717) is 17.5 Å². The zero-order valence-electron chi connectivity index (χ0n) is 27.5. The molecule has 0 amide bonds. The first-order chi connectivity index (χ1) is 25.3. The highest BCUT2D eigenvalue weighted by atomic mass is 16.5. The van der Waals surface area contributed by atoms with Gasteiger partial charge < -0.3 is 4.74 Å². The van der Waals surface area contributed by atoms with Gasteiger partial charge in [-0.2, -0.15) is 0 Å². The van der Waals surface area contributed by atoms with Gasteiger partial charge in [0, 0.05) is 27.6 Å². The molecule has 4 heteroatoms. The molecule has 0 aliphatic carbocycles. The lowest BCUT2D eigenvalue weighted by atomic mass is 9.88. The topological polar surface area (TPSA) is 47.9 Å². The minimum Gasteiger partial charge on any atom is -0.456 e. The van der Waals surface area contributed by atoms with Crippen molar-refractivity contribution in [2.24, 2.45) is 0 Å². The lowest BCUT2D eigenvalue weighted by Gasteiger charge is -2.24. The average Bonchev–Trinajstić information content (AvgIpc) is 3.21. The van der Waals surface area contributed by atoms with E-state index in [-0.39, 0.29) is 0 Å². The molecule has 0 spiro atoms. The Morgan fingerprint density at radius 3 is 1.73 bits per heavy atom. The van der Waals surface area contributed by atoms with Crippen LogP contribution in [-0.4, -0.2) is 15.0 Å². The molecule has 0 atom stereocenters. The number of benzene rings is 8. The Morgan fingerprint density at radius 1 is 0.333 bits per heavy atom. The van der Waals surface area contributed by atoms with E-state index in [1.807, 2.05) is 48.5 Å². The fourth-order valence-corrected chi connectivity index (χ4v) is 7.26. The van der Waals surface area contributed by atoms with Crippen LogP contribution in [0.3, 0.4) is 0 Å². The summed E-state index contributed by atoms with van der Waals surface area (Å²) in [4.78, 5) is 15.2. The van der Waals surface area contributed by atoms with E-state index < -0.39 is 0 Å². The van der Waals surface area contributed by atoms with E-state index in [0.717, 1.165) is 66.8 Å². The maximum Gasteiger partial charge on any atom is 0.164 e. The Balaban J connectivity index is 1.12. The van der Waals surface area contributed by atoms with Crippen LogP contribution in [0.15, 0.2) is 176 Å².